The summed E-state index contributed by atoms with van der Waals surface area (Å²) in [5.41, 5.74) is 2.40. The summed E-state index contributed by atoms with van der Waals surface area (Å²) in [6.07, 6.45) is 1.42. The van der Waals surface area contributed by atoms with E-state index < -0.39 is 5.97 Å². The number of hydrogen-bond acceptors (Lipinski definition) is 8. The van der Waals surface area contributed by atoms with Crippen molar-refractivity contribution in [3.05, 3.63) is 96.1 Å². The zero-order valence-electron chi connectivity index (χ0n) is 24.7. The summed E-state index contributed by atoms with van der Waals surface area (Å²) >= 11 is 0. The maximum absolute atomic E-state index is 12.0. The normalized spacial score (nSPS) is 15.6. The second kappa shape index (κ2) is 17.3. The quantitative estimate of drug-likeness (QED) is 0.192. The molecule has 1 aliphatic rings. The van der Waals surface area contributed by atoms with Crippen molar-refractivity contribution in [3.63, 3.8) is 0 Å². The number of hydrogen-bond donors (Lipinski definition) is 4. The van der Waals surface area contributed by atoms with Gasteiger partial charge in [-0.1, -0.05) is 43.3 Å². The molecule has 3 aromatic rings. The smallest absolute Gasteiger partial charge is 0.335 e. The Morgan fingerprint density at radius 3 is 2.16 bits per heavy atom. The van der Waals surface area contributed by atoms with Gasteiger partial charge in [-0.3, -0.25) is 9.79 Å². The molecule has 4 rings (SSSR count). The van der Waals surface area contributed by atoms with Crippen molar-refractivity contribution in [2.45, 2.75) is 19.8 Å². The molecule has 1 aliphatic heterocycles. The molecule has 0 bridgehead atoms. The molecule has 11 heteroatoms. The number of benzene rings is 3. The number of amides is 1. The van der Waals surface area contributed by atoms with Gasteiger partial charge in [0.2, 0.25) is 5.96 Å². The molecular formula is C33H38N6O5. The highest BCUT2D eigenvalue weighted by molar-refractivity contribution is 6.14. The number of carboxylic acids is 1. The molecule has 1 unspecified atom stereocenters. The summed E-state index contributed by atoms with van der Waals surface area (Å²) in [6.45, 7) is 4.55. The van der Waals surface area contributed by atoms with Crippen LogP contribution in [0.3, 0.4) is 0 Å². The number of nitrogens with one attached hydrogen (secondary N) is 3. The Morgan fingerprint density at radius 2 is 1.48 bits per heavy atom. The molecule has 1 heterocycles. The molecule has 1 atom stereocenters. The third-order valence-electron chi connectivity index (χ3n) is 6.67. The van der Waals surface area contributed by atoms with Crippen molar-refractivity contribution < 1.29 is 24.2 Å². The Morgan fingerprint density at radius 1 is 0.818 bits per heavy atom. The van der Waals surface area contributed by atoms with Crippen molar-refractivity contribution in [2.75, 3.05) is 50.2 Å². The van der Waals surface area contributed by atoms with Crippen LogP contribution >= 0.6 is 0 Å². The lowest BCUT2D eigenvalue weighted by Gasteiger charge is -2.17. The first kappa shape index (κ1) is 32.1. The SMILES string of the molecule is CCC1CC(=NCCOCCOCCNC(=O)c2ccccc2)N=C(Nc2ccc(C(=O)O)cc2)N=C1Nc1ccccc1. The van der Waals surface area contributed by atoms with E-state index in [1.165, 1.54) is 12.1 Å². The molecular weight excluding hydrogens is 560 g/mol. The van der Waals surface area contributed by atoms with Crippen LogP contribution in [0.25, 0.3) is 0 Å². The monoisotopic (exact) mass is 598 g/mol. The second-order valence-corrected chi connectivity index (χ2v) is 9.88. The van der Waals surface area contributed by atoms with E-state index in [1.54, 1.807) is 24.3 Å². The van der Waals surface area contributed by atoms with Gasteiger partial charge in [-0.15, -0.1) is 0 Å². The number of nitrogens with zero attached hydrogens (tertiary/aromatic N) is 3. The largest absolute Gasteiger partial charge is 0.478 e. The lowest BCUT2D eigenvalue weighted by molar-refractivity contribution is 0.0512. The number of aliphatic imine (C=N–C) groups is 3. The van der Waals surface area contributed by atoms with E-state index in [4.69, 9.17) is 24.5 Å². The molecule has 3 aromatic carbocycles. The van der Waals surface area contributed by atoms with Crippen molar-refractivity contribution in [2.24, 2.45) is 20.9 Å². The number of rotatable bonds is 14. The lowest BCUT2D eigenvalue weighted by atomic mass is 10.00. The van der Waals surface area contributed by atoms with Crippen LogP contribution in [0.5, 0.6) is 0 Å². The van der Waals surface area contributed by atoms with Gasteiger partial charge in [-0.2, -0.15) is 9.98 Å². The van der Waals surface area contributed by atoms with Gasteiger partial charge >= 0.3 is 5.97 Å². The van der Waals surface area contributed by atoms with Gasteiger partial charge in [-0.05, 0) is 55.0 Å². The number of carboxylic acid groups (broad SMARTS) is 1. The second-order valence-electron chi connectivity index (χ2n) is 9.88. The van der Waals surface area contributed by atoms with E-state index in [9.17, 15) is 14.7 Å². The fourth-order valence-electron chi connectivity index (χ4n) is 4.32. The number of amidine groups is 2. The van der Waals surface area contributed by atoms with Gasteiger partial charge in [0.25, 0.3) is 5.91 Å². The minimum absolute atomic E-state index is 0.0584. The van der Waals surface area contributed by atoms with E-state index in [0.717, 1.165) is 17.9 Å². The van der Waals surface area contributed by atoms with E-state index in [-0.39, 0.29) is 17.4 Å². The zero-order chi connectivity index (χ0) is 31.0. The van der Waals surface area contributed by atoms with E-state index in [2.05, 4.69) is 22.9 Å². The molecule has 11 nitrogen and oxygen atoms in total. The molecule has 0 aromatic heterocycles. The summed E-state index contributed by atoms with van der Waals surface area (Å²) < 4.78 is 11.2. The van der Waals surface area contributed by atoms with Gasteiger partial charge in [-0.25, -0.2) is 4.79 Å². The summed E-state index contributed by atoms with van der Waals surface area (Å²) in [4.78, 5) is 37.5. The number of carbonyl (C=O) groups is 2. The van der Waals surface area contributed by atoms with Crippen molar-refractivity contribution >= 4 is 40.9 Å². The van der Waals surface area contributed by atoms with Crippen LogP contribution in [-0.2, 0) is 9.47 Å². The Balaban J connectivity index is 1.29. The standard InChI is InChI=1S/C33H38N6O5/c1-2-24-23-29(34-17-19-43-21-22-44-20-18-35-31(40)25-9-5-3-6-10-25)38-33(37-28-15-13-26(14-16-28)32(41)42)39-30(24)36-27-11-7-4-8-12-27/h3-16,24H,2,17-23H2,1H3,(H,35,40)(H,41,42)(H2,34,36,37,38,39). The summed E-state index contributed by atoms with van der Waals surface area (Å²) in [5.74, 6) is 0.712. The summed E-state index contributed by atoms with van der Waals surface area (Å²) in [7, 11) is 0. The number of carbonyl (C=O) groups excluding carboxylic acids is 1. The van der Waals surface area contributed by atoms with Crippen LogP contribution in [0.15, 0.2) is 99.9 Å². The van der Waals surface area contributed by atoms with Gasteiger partial charge < -0.3 is 30.5 Å². The van der Waals surface area contributed by atoms with Crippen LogP contribution in [0, 0.1) is 5.92 Å². The highest BCUT2D eigenvalue weighted by atomic mass is 16.5. The first-order valence-electron chi connectivity index (χ1n) is 14.6. The van der Waals surface area contributed by atoms with Crippen LogP contribution in [0.4, 0.5) is 11.4 Å². The molecule has 44 heavy (non-hydrogen) atoms. The Bertz CT molecular complexity index is 1440. The lowest BCUT2D eigenvalue weighted by Crippen LogP contribution is -2.27. The van der Waals surface area contributed by atoms with E-state index in [1.807, 2.05) is 48.5 Å². The van der Waals surface area contributed by atoms with Crippen molar-refractivity contribution in [3.8, 4) is 0 Å². The average Bonchev–Trinajstić information content (AvgIpc) is 3.21. The predicted octanol–water partition coefficient (Wildman–Crippen LogP) is 4.95. The Hall–Kier alpha value is -4.87. The number of ether oxygens (including phenoxy) is 2. The molecule has 1 amide bonds. The number of para-hydroxylation sites is 1. The molecule has 0 aliphatic carbocycles. The molecule has 0 spiro atoms. The van der Waals surface area contributed by atoms with Gasteiger partial charge in [0.15, 0.2) is 0 Å². The van der Waals surface area contributed by atoms with Crippen LogP contribution in [0.1, 0.15) is 40.5 Å². The predicted molar refractivity (Wildman–Crippen MR) is 173 cm³/mol. The average molecular weight is 599 g/mol. The molecule has 0 saturated carbocycles. The summed E-state index contributed by atoms with van der Waals surface area (Å²) in [5, 5.41) is 18.7. The zero-order valence-corrected chi connectivity index (χ0v) is 24.7. The van der Waals surface area contributed by atoms with Gasteiger partial charge in [0.1, 0.15) is 11.7 Å². The first-order chi connectivity index (χ1) is 21.5. The first-order valence-corrected chi connectivity index (χ1v) is 14.6. The van der Waals surface area contributed by atoms with E-state index >= 15 is 0 Å². The fraction of sp³-hybridized carbons (Fsp3) is 0.303. The fourth-order valence-corrected chi connectivity index (χ4v) is 4.32. The number of aromatic carboxylic acids is 1. The molecule has 0 saturated heterocycles. The van der Waals surface area contributed by atoms with Gasteiger partial charge in [0, 0.05) is 35.8 Å². The highest BCUT2D eigenvalue weighted by Crippen LogP contribution is 2.20. The molecule has 4 N–H and O–H groups in total. The maximum Gasteiger partial charge on any atom is 0.335 e. The topological polar surface area (TPSA) is 146 Å². The highest BCUT2D eigenvalue weighted by Gasteiger charge is 2.22. The third-order valence-corrected chi connectivity index (χ3v) is 6.67. The Labute approximate surface area is 257 Å². The number of anilines is 2. The van der Waals surface area contributed by atoms with Crippen LogP contribution in [-0.4, -0.2) is 74.1 Å². The minimum atomic E-state index is -0.989. The molecule has 0 radical (unpaired) electrons. The number of guanidine groups is 1. The van der Waals surface area contributed by atoms with Crippen molar-refractivity contribution in [1.29, 1.82) is 0 Å². The third kappa shape index (κ3) is 10.4. The maximum atomic E-state index is 12.0. The van der Waals surface area contributed by atoms with Crippen LogP contribution in [0.2, 0.25) is 0 Å². The van der Waals surface area contributed by atoms with E-state index in [0.29, 0.717) is 69.0 Å². The van der Waals surface area contributed by atoms with Crippen molar-refractivity contribution in [1.82, 2.24) is 5.32 Å². The molecule has 230 valence electrons. The van der Waals surface area contributed by atoms with Gasteiger partial charge in [0.05, 0.1) is 38.5 Å². The molecule has 0 fully saturated rings. The van der Waals surface area contributed by atoms with Crippen LogP contribution < -0.4 is 16.0 Å². The summed E-state index contributed by atoms with van der Waals surface area (Å²) in [6, 6.07) is 25.3. The minimum Gasteiger partial charge on any atom is -0.478 e. The Kier molecular flexibility index (Phi) is 12.6.